The number of hydrogen-bond acceptors (Lipinski definition) is 7. The van der Waals surface area contributed by atoms with Gasteiger partial charge in [-0.2, -0.15) is 5.10 Å². The maximum Gasteiger partial charge on any atom is 0.274 e. The smallest absolute Gasteiger partial charge is 0.274 e. The fourth-order valence-electron chi connectivity index (χ4n) is 4.34. The minimum atomic E-state index is -0.0999. The van der Waals surface area contributed by atoms with Gasteiger partial charge in [-0.15, -0.1) is 5.10 Å². The third-order valence-corrected chi connectivity index (χ3v) is 7.08. The SMILES string of the molecule is CO[C@@H]1COCCC1NC1CCN(C(=O)c2nncc(Nc3ccc(Cl)c(Cl)c3)c2C)CC1. The molecule has 2 N–H and O–H groups in total. The number of carbonyl (C=O) groups excluding carboxylic acids is 1. The average molecular weight is 494 g/mol. The number of anilines is 2. The summed E-state index contributed by atoms with van der Waals surface area (Å²) >= 11 is 12.1. The molecule has 0 aliphatic carbocycles. The zero-order valence-corrected chi connectivity index (χ0v) is 20.3. The molecule has 10 heteroatoms. The number of ether oxygens (including phenoxy) is 2. The van der Waals surface area contributed by atoms with Crippen LogP contribution in [-0.4, -0.2) is 72.6 Å². The quantitative estimate of drug-likeness (QED) is 0.631. The van der Waals surface area contributed by atoms with Crippen LogP contribution in [0.5, 0.6) is 0 Å². The molecule has 3 heterocycles. The standard InChI is InChI=1S/C23H29Cl2N5O3/c1-14-20(28-16-3-4-17(24)18(25)11-16)12-26-29-22(14)23(31)30-8-5-15(6-9-30)27-19-7-10-33-13-21(19)32-2/h3-4,11-12,15,19,21,27H,5-10,13H2,1-2H3,(H,28,29)/t19?,21-/m1/s1. The van der Waals surface area contributed by atoms with Gasteiger partial charge in [-0.05, 0) is 44.4 Å². The number of benzene rings is 1. The number of nitrogens with zero attached hydrogens (tertiary/aromatic N) is 3. The van der Waals surface area contributed by atoms with Gasteiger partial charge in [0.1, 0.15) is 0 Å². The first-order valence-electron chi connectivity index (χ1n) is 11.2. The molecule has 0 saturated carbocycles. The number of methoxy groups -OCH3 is 1. The van der Waals surface area contributed by atoms with Crippen molar-refractivity contribution >= 4 is 40.5 Å². The summed E-state index contributed by atoms with van der Waals surface area (Å²) in [4.78, 5) is 15.1. The Morgan fingerprint density at radius 1 is 1.21 bits per heavy atom. The van der Waals surface area contributed by atoms with E-state index in [0.717, 1.165) is 37.1 Å². The predicted octanol–water partition coefficient (Wildman–Crippen LogP) is 3.83. The molecule has 8 nitrogen and oxygen atoms in total. The van der Waals surface area contributed by atoms with E-state index in [2.05, 4.69) is 20.8 Å². The zero-order valence-electron chi connectivity index (χ0n) is 18.8. The van der Waals surface area contributed by atoms with Crippen molar-refractivity contribution in [3.05, 3.63) is 45.7 Å². The Morgan fingerprint density at radius 3 is 2.73 bits per heavy atom. The van der Waals surface area contributed by atoms with Crippen LogP contribution in [0.3, 0.4) is 0 Å². The van der Waals surface area contributed by atoms with E-state index in [0.29, 0.717) is 47.2 Å². The van der Waals surface area contributed by atoms with Gasteiger partial charge >= 0.3 is 0 Å². The number of amides is 1. The van der Waals surface area contributed by atoms with Crippen LogP contribution in [0.15, 0.2) is 24.4 Å². The van der Waals surface area contributed by atoms with Gasteiger partial charge < -0.3 is 25.0 Å². The molecule has 2 atom stereocenters. The predicted molar refractivity (Wildman–Crippen MR) is 129 cm³/mol. The molecule has 0 bridgehead atoms. The lowest BCUT2D eigenvalue weighted by atomic mass is 9.99. The van der Waals surface area contributed by atoms with E-state index in [9.17, 15) is 4.79 Å². The van der Waals surface area contributed by atoms with Crippen molar-refractivity contribution in [1.29, 1.82) is 0 Å². The monoisotopic (exact) mass is 493 g/mol. The van der Waals surface area contributed by atoms with Crippen LogP contribution < -0.4 is 10.6 Å². The molecule has 1 aromatic heterocycles. The lowest BCUT2D eigenvalue weighted by Crippen LogP contribution is -2.54. The Labute approximate surface area is 203 Å². The van der Waals surface area contributed by atoms with Crippen LogP contribution in [-0.2, 0) is 9.47 Å². The summed E-state index contributed by atoms with van der Waals surface area (Å²) in [6.45, 7) is 4.58. The highest BCUT2D eigenvalue weighted by atomic mass is 35.5. The number of piperidine rings is 1. The van der Waals surface area contributed by atoms with E-state index in [1.54, 1.807) is 25.4 Å². The number of carbonyl (C=O) groups is 1. The molecular formula is C23H29Cl2N5O3. The summed E-state index contributed by atoms with van der Waals surface area (Å²) in [6.07, 6.45) is 4.37. The highest BCUT2D eigenvalue weighted by Gasteiger charge is 2.31. The molecule has 1 amide bonds. The molecule has 2 aromatic rings. The van der Waals surface area contributed by atoms with Crippen molar-refractivity contribution in [2.75, 3.05) is 38.7 Å². The zero-order chi connectivity index (χ0) is 23.4. The van der Waals surface area contributed by atoms with E-state index in [4.69, 9.17) is 32.7 Å². The molecule has 4 rings (SSSR count). The summed E-state index contributed by atoms with van der Waals surface area (Å²) in [7, 11) is 1.73. The largest absolute Gasteiger partial charge is 0.379 e. The fraction of sp³-hybridized carbons (Fsp3) is 0.522. The van der Waals surface area contributed by atoms with Gasteiger partial charge in [0, 0.05) is 50.1 Å². The summed E-state index contributed by atoms with van der Waals surface area (Å²) in [6, 6.07) is 5.91. The van der Waals surface area contributed by atoms with Crippen molar-refractivity contribution in [3.8, 4) is 0 Å². The second-order valence-electron chi connectivity index (χ2n) is 8.46. The van der Waals surface area contributed by atoms with E-state index in [1.807, 2.05) is 17.9 Å². The molecule has 2 fully saturated rings. The Hall–Kier alpha value is -1.97. The Morgan fingerprint density at radius 2 is 2.00 bits per heavy atom. The Bertz CT molecular complexity index is 985. The topological polar surface area (TPSA) is 88.6 Å². The Balaban J connectivity index is 1.37. The first kappa shape index (κ1) is 24.2. The summed E-state index contributed by atoms with van der Waals surface area (Å²) in [5.41, 5.74) is 2.56. The summed E-state index contributed by atoms with van der Waals surface area (Å²) < 4.78 is 11.1. The van der Waals surface area contributed by atoms with Crippen LogP contribution in [0, 0.1) is 6.92 Å². The van der Waals surface area contributed by atoms with Crippen molar-refractivity contribution in [2.24, 2.45) is 0 Å². The van der Waals surface area contributed by atoms with Crippen molar-refractivity contribution in [2.45, 2.75) is 44.4 Å². The van der Waals surface area contributed by atoms with Gasteiger partial charge in [-0.3, -0.25) is 4.79 Å². The fourth-order valence-corrected chi connectivity index (χ4v) is 4.64. The van der Waals surface area contributed by atoms with Crippen LogP contribution >= 0.6 is 23.2 Å². The molecule has 0 spiro atoms. The van der Waals surface area contributed by atoms with E-state index < -0.39 is 0 Å². The van der Waals surface area contributed by atoms with Gasteiger partial charge in [-0.1, -0.05) is 23.2 Å². The number of aromatic nitrogens is 2. The maximum atomic E-state index is 13.2. The first-order chi connectivity index (χ1) is 16.0. The van der Waals surface area contributed by atoms with Crippen LogP contribution in [0.2, 0.25) is 10.0 Å². The number of hydrogen-bond donors (Lipinski definition) is 2. The number of rotatable bonds is 6. The molecule has 33 heavy (non-hydrogen) atoms. The van der Waals surface area contributed by atoms with Crippen LogP contribution in [0.25, 0.3) is 0 Å². The molecule has 178 valence electrons. The van der Waals surface area contributed by atoms with Crippen molar-refractivity contribution in [3.63, 3.8) is 0 Å². The second kappa shape index (κ2) is 11.0. The van der Waals surface area contributed by atoms with E-state index in [1.165, 1.54) is 0 Å². The lowest BCUT2D eigenvalue weighted by molar-refractivity contribution is -0.0533. The summed E-state index contributed by atoms with van der Waals surface area (Å²) in [5, 5.41) is 16.1. The van der Waals surface area contributed by atoms with E-state index in [-0.39, 0.29) is 18.1 Å². The highest BCUT2D eigenvalue weighted by molar-refractivity contribution is 6.42. The number of likely N-dealkylation sites (tertiary alicyclic amines) is 1. The Kier molecular flexibility index (Phi) is 8.03. The first-order valence-corrected chi connectivity index (χ1v) is 11.9. The van der Waals surface area contributed by atoms with Crippen LogP contribution in [0.4, 0.5) is 11.4 Å². The molecule has 0 radical (unpaired) electrons. The van der Waals surface area contributed by atoms with Gasteiger partial charge in [0.25, 0.3) is 5.91 Å². The highest BCUT2D eigenvalue weighted by Crippen LogP contribution is 2.28. The van der Waals surface area contributed by atoms with Gasteiger partial charge in [-0.25, -0.2) is 0 Å². The van der Waals surface area contributed by atoms with Gasteiger partial charge in [0.15, 0.2) is 5.69 Å². The maximum absolute atomic E-state index is 13.2. The molecule has 1 aromatic carbocycles. The van der Waals surface area contributed by atoms with Gasteiger partial charge in [0.2, 0.25) is 0 Å². The third-order valence-electron chi connectivity index (χ3n) is 6.34. The molecule has 2 saturated heterocycles. The normalized spacial score (nSPS) is 21.8. The van der Waals surface area contributed by atoms with Crippen LogP contribution in [0.1, 0.15) is 35.3 Å². The van der Waals surface area contributed by atoms with Gasteiger partial charge in [0.05, 0.1) is 34.6 Å². The molecular weight excluding hydrogens is 465 g/mol. The summed E-state index contributed by atoms with van der Waals surface area (Å²) in [5.74, 6) is -0.0999. The molecule has 1 unspecified atom stereocenters. The third kappa shape index (κ3) is 5.75. The number of halogens is 2. The lowest BCUT2D eigenvalue weighted by Gasteiger charge is -2.38. The number of nitrogens with one attached hydrogen (secondary N) is 2. The van der Waals surface area contributed by atoms with Crippen molar-refractivity contribution in [1.82, 2.24) is 20.4 Å². The van der Waals surface area contributed by atoms with E-state index >= 15 is 0 Å². The molecule has 2 aliphatic heterocycles. The van der Waals surface area contributed by atoms with Crippen molar-refractivity contribution < 1.29 is 14.3 Å². The average Bonchev–Trinajstić information content (AvgIpc) is 2.83. The molecule has 2 aliphatic rings. The minimum Gasteiger partial charge on any atom is -0.379 e. The minimum absolute atomic E-state index is 0.0714. The second-order valence-corrected chi connectivity index (χ2v) is 9.28.